The Bertz CT molecular complexity index is 398. The molecule has 0 aliphatic heterocycles. The number of aryl methyl sites for hydroxylation is 1. The SMILES string of the molecule is CC.CC.CF.CNC1C(c2ccccc2C)=CCCC1C. The van der Waals surface area contributed by atoms with Gasteiger partial charge in [0.05, 0.1) is 7.18 Å². The molecule has 0 saturated heterocycles. The number of allylic oxidation sites excluding steroid dienone is 1. The molecule has 2 rings (SSSR count). The Balaban J connectivity index is 0. The Kier molecular flexibility index (Phi) is 15.5. The van der Waals surface area contributed by atoms with Crippen LogP contribution in [0.4, 0.5) is 4.39 Å². The number of hydrogen-bond donors (Lipinski definition) is 1. The second-order valence-electron chi connectivity index (χ2n) is 4.80. The molecule has 2 unspecified atom stereocenters. The summed E-state index contributed by atoms with van der Waals surface area (Å²) >= 11 is 0. The van der Waals surface area contributed by atoms with E-state index in [1.54, 1.807) is 0 Å². The Hall–Kier alpha value is -1.15. The van der Waals surface area contributed by atoms with E-state index >= 15 is 0 Å². The lowest BCUT2D eigenvalue weighted by molar-refractivity contribution is 0.431. The average molecular weight is 310 g/mol. The molecule has 0 radical (unpaired) electrons. The van der Waals surface area contributed by atoms with E-state index in [0.29, 0.717) is 13.2 Å². The van der Waals surface area contributed by atoms with Crippen molar-refractivity contribution in [2.24, 2.45) is 5.92 Å². The minimum absolute atomic E-state index is 0.500. The lowest BCUT2D eigenvalue weighted by atomic mass is 9.81. The minimum Gasteiger partial charge on any atom is -0.313 e. The van der Waals surface area contributed by atoms with Gasteiger partial charge in [-0.25, -0.2) is 0 Å². The van der Waals surface area contributed by atoms with Crippen LogP contribution in [0.2, 0.25) is 0 Å². The molecular formula is C20H36FN. The highest BCUT2D eigenvalue weighted by molar-refractivity contribution is 5.72. The zero-order chi connectivity index (χ0) is 17.5. The maximum absolute atomic E-state index is 9.50. The molecule has 0 bridgehead atoms. The molecule has 1 aromatic carbocycles. The molecule has 1 nitrogen and oxygen atoms in total. The molecule has 2 heteroatoms. The predicted molar refractivity (Wildman–Crippen MR) is 100 cm³/mol. The van der Waals surface area contributed by atoms with Crippen LogP contribution < -0.4 is 5.32 Å². The van der Waals surface area contributed by atoms with E-state index in [-0.39, 0.29) is 0 Å². The van der Waals surface area contributed by atoms with Crippen LogP contribution in [0.5, 0.6) is 0 Å². The zero-order valence-corrected chi connectivity index (χ0v) is 15.8. The topological polar surface area (TPSA) is 12.0 Å². The van der Waals surface area contributed by atoms with Crippen molar-refractivity contribution in [3.63, 3.8) is 0 Å². The Morgan fingerprint density at radius 1 is 1.05 bits per heavy atom. The molecule has 0 amide bonds. The number of benzene rings is 1. The van der Waals surface area contributed by atoms with Gasteiger partial charge in [0, 0.05) is 6.04 Å². The summed E-state index contributed by atoms with van der Waals surface area (Å²) in [4.78, 5) is 0. The first kappa shape index (κ1) is 23.1. The number of alkyl halides is 1. The monoisotopic (exact) mass is 309 g/mol. The van der Waals surface area contributed by atoms with Gasteiger partial charge in [-0.1, -0.05) is 65.0 Å². The van der Waals surface area contributed by atoms with Crippen molar-refractivity contribution in [3.8, 4) is 0 Å². The van der Waals surface area contributed by atoms with Crippen molar-refractivity contribution in [1.82, 2.24) is 5.32 Å². The van der Waals surface area contributed by atoms with Gasteiger partial charge in [0.15, 0.2) is 0 Å². The summed E-state index contributed by atoms with van der Waals surface area (Å²) in [5.41, 5.74) is 4.27. The van der Waals surface area contributed by atoms with Crippen molar-refractivity contribution in [1.29, 1.82) is 0 Å². The Labute approximate surface area is 138 Å². The van der Waals surface area contributed by atoms with Gasteiger partial charge in [-0.15, -0.1) is 0 Å². The maximum Gasteiger partial charge on any atom is 0.0785 e. The summed E-state index contributed by atoms with van der Waals surface area (Å²) in [5.74, 6) is 0.726. The summed E-state index contributed by atoms with van der Waals surface area (Å²) in [6.45, 7) is 12.5. The first-order chi connectivity index (χ1) is 10.7. The molecule has 0 fully saturated rings. The largest absolute Gasteiger partial charge is 0.313 e. The molecule has 128 valence electrons. The lowest BCUT2D eigenvalue weighted by Gasteiger charge is -2.31. The number of halogens is 1. The van der Waals surface area contributed by atoms with E-state index in [0.717, 1.165) is 5.92 Å². The van der Waals surface area contributed by atoms with Gasteiger partial charge in [0.1, 0.15) is 0 Å². The highest BCUT2D eigenvalue weighted by Crippen LogP contribution is 2.32. The van der Waals surface area contributed by atoms with Gasteiger partial charge >= 0.3 is 0 Å². The van der Waals surface area contributed by atoms with Gasteiger partial charge in [-0.3, -0.25) is 4.39 Å². The van der Waals surface area contributed by atoms with Gasteiger partial charge in [-0.05, 0) is 49.4 Å². The smallest absolute Gasteiger partial charge is 0.0785 e. The van der Waals surface area contributed by atoms with E-state index in [9.17, 15) is 4.39 Å². The lowest BCUT2D eigenvalue weighted by Crippen LogP contribution is -2.35. The third-order valence-corrected chi connectivity index (χ3v) is 3.66. The standard InChI is InChI=1S/C15H21N.2C2H6.CH3F/c1-11-7-4-5-9-13(11)14-10-6-8-12(2)15(14)16-3;3*1-2/h4-5,7,9-10,12,15-16H,6,8H2,1-3H3;2*1-2H3;1H3. The van der Waals surface area contributed by atoms with E-state index < -0.39 is 0 Å². The van der Waals surface area contributed by atoms with E-state index in [1.807, 2.05) is 27.7 Å². The van der Waals surface area contributed by atoms with Crippen LogP contribution in [-0.4, -0.2) is 20.3 Å². The normalized spacial score (nSPS) is 19.2. The number of hydrogen-bond acceptors (Lipinski definition) is 1. The quantitative estimate of drug-likeness (QED) is 0.703. The maximum atomic E-state index is 9.50. The summed E-state index contributed by atoms with van der Waals surface area (Å²) < 4.78 is 9.50. The molecule has 0 saturated carbocycles. The molecule has 1 aromatic rings. The molecule has 1 aliphatic carbocycles. The van der Waals surface area contributed by atoms with E-state index in [1.165, 1.54) is 29.5 Å². The van der Waals surface area contributed by atoms with E-state index in [4.69, 9.17) is 0 Å². The van der Waals surface area contributed by atoms with Gasteiger partial charge in [0.2, 0.25) is 0 Å². The third-order valence-electron chi connectivity index (χ3n) is 3.66. The number of rotatable bonds is 2. The van der Waals surface area contributed by atoms with Crippen molar-refractivity contribution >= 4 is 5.57 Å². The summed E-state index contributed by atoms with van der Waals surface area (Å²) in [5, 5.41) is 3.46. The molecule has 0 aromatic heterocycles. The van der Waals surface area contributed by atoms with Crippen molar-refractivity contribution in [2.75, 3.05) is 14.2 Å². The fourth-order valence-electron chi connectivity index (χ4n) is 2.72. The first-order valence-corrected chi connectivity index (χ1v) is 8.55. The fourth-order valence-corrected chi connectivity index (χ4v) is 2.72. The van der Waals surface area contributed by atoms with Crippen LogP contribution >= 0.6 is 0 Å². The summed E-state index contributed by atoms with van der Waals surface area (Å²) in [6.07, 6.45) is 4.91. The zero-order valence-electron chi connectivity index (χ0n) is 15.8. The average Bonchev–Trinajstić information content (AvgIpc) is 2.60. The first-order valence-electron chi connectivity index (χ1n) is 8.55. The molecule has 2 atom stereocenters. The molecule has 0 heterocycles. The van der Waals surface area contributed by atoms with Crippen LogP contribution in [0.1, 0.15) is 58.6 Å². The highest BCUT2D eigenvalue weighted by atomic mass is 19.1. The molecule has 22 heavy (non-hydrogen) atoms. The van der Waals surface area contributed by atoms with Crippen LogP contribution in [0, 0.1) is 12.8 Å². The van der Waals surface area contributed by atoms with Crippen molar-refractivity contribution < 1.29 is 4.39 Å². The Morgan fingerprint density at radius 2 is 1.59 bits per heavy atom. The van der Waals surface area contributed by atoms with Gasteiger partial charge in [0.25, 0.3) is 0 Å². The highest BCUT2D eigenvalue weighted by Gasteiger charge is 2.24. The predicted octanol–water partition coefficient (Wildman–Crippen LogP) is 6.03. The van der Waals surface area contributed by atoms with Gasteiger partial charge in [-0.2, -0.15) is 0 Å². The van der Waals surface area contributed by atoms with Crippen LogP contribution in [-0.2, 0) is 0 Å². The van der Waals surface area contributed by atoms with Gasteiger partial charge < -0.3 is 5.32 Å². The molecule has 1 aliphatic rings. The summed E-state index contributed by atoms with van der Waals surface area (Å²) in [7, 11) is 2.57. The van der Waals surface area contributed by atoms with E-state index in [2.05, 4.69) is 56.6 Å². The number of likely N-dealkylation sites (N-methyl/N-ethyl adjacent to an activating group) is 1. The van der Waals surface area contributed by atoms with Crippen molar-refractivity contribution in [3.05, 3.63) is 41.5 Å². The van der Waals surface area contributed by atoms with Crippen molar-refractivity contribution in [2.45, 2.75) is 60.4 Å². The third kappa shape index (κ3) is 6.74. The molecular weight excluding hydrogens is 273 g/mol. The van der Waals surface area contributed by atoms with Crippen LogP contribution in [0.15, 0.2) is 30.3 Å². The molecule has 0 spiro atoms. The van der Waals surface area contributed by atoms with Crippen LogP contribution in [0.25, 0.3) is 5.57 Å². The second kappa shape index (κ2) is 14.8. The molecule has 1 N–H and O–H groups in total. The fraction of sp³-hybridized carbons (Fsp3) is 0.600. The Morgan fingerprint density at radius 3 is 2.09 bits per heavy atom. The number of nitrogens with one attached hydrogen (secondary N) is 1. The minimum atomic E-state index is 0.500. The second-order valence-corrected chi connectivity index (χ2v) is 4.80. The summed E-state index contributed by atoms with van der Waals surface area (Å²) in [6, 6.07) is 9.19. The van der Waals surface area contributed by atoms with Crippen LogP contribution in [0.3, 0.4) is 0 Å².